The van der Waals surface area contributed by atoms with E-state index in [2.05, 4.69) is 6.07 Å². The number of nitrogens with two attached hydrogens (primary N) is 1. The van der Waals surface area contributed by atoms with Crippen LogP contribution in [0.15, 0.2) is 33.9 Å². The number of aryl methyl sites for hydroxylation is 2. The number of hydrogen-bond acceptors (Lipinski definition) is 4. The number of rotatable bonds is 2. The lowest BCUT2D eigenvalue weighted by molar-refractivity contribution is -0.118. The predicted octanol–water partition coefficient (Wildman–Crippen LogP) is 1.01. The summed E-state index contributed by atoms with van der Waals surface area (Å²) in [6.45, 7) is -0.232. The number of thiophene rings is 1. The van der Waals surface area contributed by atoms with Crippen LogP contribution in [0.1, 0.15) is 10.4 Å². The third-order valence-electron chi connectivity index (χ3n) is 4.47. The van der Waals surface area contributed by atoms with Gasteiger partial charge in [0.15, 0.2) is 0 Å². The summed E-state index contributed by atoms with van der Waals surface area (Å²) in [5.74, 6) is -0.608. The Morgan fingerprint density at radius 2 is 2.00 bits per heavy atom. The van der Waals surface area contributed by atoms with E-state index in [0.717, 1.165) is 33.4 Å². The quantitative estimate of drug-likeness (QED) is 0.755. The Morgan fingerprint density at radius 3 is 2.75 bits per heavy atom. The molecule has 0 aliphatic heterocycles. The van der Waals surface area contributed by atoms with Crippen molar-refractivity contribution in [3.05, 3.63) is 55.5 Å². The van der Waals surface area contributed by atoms with E-state index in [1.54, 1.807) is 0 Å². The summed E-state index contributed by atoms with van der Waals surface area (Å²) in [5.41, 5.74) is 7.57. The summed E-state index contributed by atoms with van der Waals surface area (Å²) in [4.78, 5) is 38.2. The number of carbonyl (C=O) groups excluding carboxylic acids is 1. The van der Waals surface area contributed by atoms with Crippen molar-refractivity contribution in [1.82, 2.24) is 9.13 Å². The number of hydrogen-bond donors (Lipinski definition) is 1. The zero-order chi connectivity index (χ0) is 17.0. The van der Waals surface area contributed by atoms with Gasteiger partial charge in [-0.05, 0) is 24.0 Å². The molecule has 7 heteroatoms. The fraction of sp³-hybridized carbons (Fsp3) is 0.235. The molecule has 122 valence electrons. The molecule has 0 saturated carbocycles. The summed E-state index contributed by atoms with van der Waals surface area (Å²) in [6, 6.07) is 8.00. The van der Waals surface area contributed by atoms with E-state index < -0.39 is 11.6 Å². The average Bonchev–Trinajstić information content (AvgIpc) is 2.96. The van der Waals surface area contributed by atoms with E-state index in [0.29, 0.717) is 10.2 Å². The summed E-state index contributed by atoms with van der Waals surface area (Å²) >= 11 is 1.41. The van der Waals surface area contributed by atoms with Gasteiger partial charge < -0.3 is 5.73 Å². The standard InChI is InChI=1S/C17H15N3O3S/c1-19-15(22)14-13-10-5-3-2-4-9(10)6-7-11(13)24-16(14)20(17(19)23)8-12(18)21/h2-5H,6-8H2,1H3,(H2,18,21). The minimum atomic E-state index is -0.608. The van der Waals surface area contributed by atoms with Crippen molar-refractivity contribution < 1.29 is 4.79 Å². The molecule has 0 saturated heterocycles. The molecule has 0 unspecified atom stereocenters. The molecule has 4 rings (SSSR count). The smallest absolute Gasteiger partial charge is 0.332 e. The highest BCUT2D eigenvalue weighted by molar-refractivity contribution is 7.19. The second kappa shape index (κ2) is 5.17. The van der Waals surface area contributed by atoms with Gasteiger partial charge in [-0.15, -0.1) is 11.3 Å². The minimum absolute atomic E-state index is 0.232. The normalized spacial score (nSPS) is 12.9. The molecule has 0 spiro atoms. The van der Waals surface area contributed by atoms with E-state index in [-0.39, 0.29) is 12.1 Å². The summed E-state index contributed by atoms with van der Waals surface area (Å²) in [7, 11) is 1.43. The van der Waals surface area contributed by atoms with E-state index in [4.69, 9.17) is 5.73 Å². The van der Waals surface area contributed by atoms with Crippen molar-refractivity contribution in [2.45, 2.75) is 19.4 Å². The highest BCUT2D eigenvalue weighted by atomic mass is 32.1. The van der Waals surface area contributed by atoms with Gasteiger partial charge in [-0.2, -0.15) is 0 Å². The molecular weight excluding hydrogens is 326 g/mol. The summed E-state index contributed by atoms with van der Waals surface area (Å²) < 4.78 is 2.36. The van der Waals surface area contributed by atoms with Gasteiger partial charge in [0, 0.05) is 17.5 Å². The van der Waals surface area contributed by atoms with Gasteiger partial charge in [0.25, 0.3) is 5.56 Å². The SMILES string of the molecule is Cn1c(=O)c2c3c(sc2n(CC(N)=O)c1=O)CCc1ccccc1-3. The molecule has 1 aliphatic carbocycles. The molecular formula is C17H15N3O3S. The molecule has 2 N–H and O–H groups in total. The van der Waals surface area contributed by atoms with Gasteiger partial charge in [-0.1, -0.05) is 24.3 Å². The second-order valence-electron chi connectivity index (χ2n) is 5.94. The van der Waals surface area contributed by atoms with Gasteiger partial charge in [0.1, 0.15) is 11.4 Å². The molecule has 1 amide bonds. The van der Waals surface area contributed by atoms with Crippen molar-refractivity contribution in [3.8, 4) is 11.1 Å². The van der Waals surface area contributed by atoms with E-state index in [9.17, 15) is 14.4 Å². The Balaban J connectivity index is 2.18. The molecule has 6 nitrogen and oxygen atoms in total. The molecule has 0 atom stereocenters. The molecule has 0 bridgehead atoms. The Labute approximate surface area is 140 Å². The number of primary amides is 1. The maximum atomic E-state index is 12.8. The lowest BCUT2D eigenvalue weighted by Gasteiger charge is -2.16. The predicted molar refractivity (Wildman–Crippen MR) is 93.4 cm³/mol. The van der Waals surface area contributed by atoms with Crippen LogP contribution in [-0.4, -0.2) is 15.0 Å². The van der Waals surface area contributed by atoms with Crippen molar-refractivity contribution in [1.29, 1.82) is 0 Å². The Morgan fingerprint density at radius 1 is 1.25 bits per heavy atom. The van der Waals surface area contributed by atoms with Crippen LogP contribution in [0.4, 0.5) is 0 Å². The maximum Gasteiger partial charge on any atom is 0.332 e. The number of nitrogens with zero attached hydrogens (tertiary/aromatic N) is 2. The van der Waals surface area contributed by atoms with Gasteiger partial charge in [-0.25, -0.2) is 4.79 Å². The van der Waals surface area contributed by atoms with Crippen LogP contribution in [0.5, 0.6) is 0 Å². The van der Waals surface area contributed by atoms with Gasteiger partial charge >= 0.3 is 5.69 Å². The monoisotopic (exact) mass is 341 g/mol. The topological polar surface area (TPSA) is 87.1 Å². The van der Waals surface area contributed by atoms with E-state index in [1.165, 1.54) is 28.5 Å². The third-order valence-corrected chi connectivity index (χ3v) is 5.74. The fourth-order valence-electron chi connectivity index (χ4n) is 3.36. The first-order valence-electron chi connectivity index (χ1n) is 7.61. The van der Waals surface area contributed by atoms with Crippen LogP contribution in [-0.2, 0) is 31.2 Å². The summed E-state index contributed by atoms with van der Waals surface area (Å²) in [5, 5.41) is 0.505. The third kappa shape index (κ3) is 1.98. The first-order valence-corrected chi connectivity index (χ1v) is 8.42. The molecule has 1 aliphatic rings. The van der Waals surface area contributed by atoms with E-state index in [1.807, 2.05) is 18.2 Å². The molecule has 0 fully saturated rings. The molecule has 3 aromatic rings. The van der Waals surface area contributed by atoms with Gasteiger partial charge in [0.05, 0.1) is 5.39 Å². The minimum Gasteiger partial charge on any atom is -0.368 e. The Hall–Kier alpha value is -2.67. The van der Waals surface area contributed by atoms with Crippen molar-refractivity contribution in [3.63, 3.8) is 0 Å². The van der Waals surface area contributed by atoms with E-state index >= 15 is 0 Å². The van der Waals surface area contributed by atoms with Crippen LogP contribution in [0, 0.1) is 0 Å². The number of benzene rings is 1. The fourth-order valence-corrected chi connectivity index (χ4v) is 4.66. The first kappa shape index (κ1) is 14.9. The number of carbonyl (C=O) groups is 1. The van der Waals surface area contributed by atoms with Gasteiger partial charge in [-0.3, -0.25) is 18.7 Å². The zero-order valence-corrected chi connectivity index (χ0v) is 13.9. The van der Waals surface area contributed by atoms with Crippen LogP contribution in [0.3, 0.4) is 0 Å². The molecule has 2 aromatic heterocycles. The van der Waals surface area contributed by atoms with Crippen LogP contribution in [0.25, 0.3) is 21.3 Å². The molecule has 24 heavy (non-hydrogen) atoms. The Bertz CT molecular complexity index is 1120. The Kier molecular flexibility index (Phi) is 3.21. The van der Waals surface area contributed by atoms with Gasteiger partial charge in [0.2, 0.25) is 5.91 Å². The highest BCUT2D eigenvalue weighted by Gasteiger charge is 2.26. The maximum absolute atomic E-state index is 12.8. The second-order valence-corrected chi connectivity index (χ2v) is 7.02. The highest BCUT2D eigenvalue weighted by Crippen LogP contribution is 2.42. The van der Waals surface area contributed by atoms with Crippen molar-refractivity contribution in [2.75, 3.05) is 0 Å². The largest absolute Gasteiger partial charge is 0.368 e. The average molecular weight is 341 g/mol. The number of amides is 1. The number of fused-ring (bicyclic) bond motifs is 5. The molecule has 2 heterocycles. The summed E-state index contributed by atoms with van der Waals surface area (Å²) in [6.07, 6.45) is 1.72. The number of aromatic nitrogens is 2. The molecule has 0 radical (unpaired) electrons. The van der Waals surface area contributed by atoms with Crippen LogP contribution in [0.2, 0.25) is 0 Å². The zero-order valence-electron chi connectivity index (χ0n) is 13.0. The van der Waals surface area contributed by atoms with Crippen molar-refractivity contribution in [2.24, 2.45) is 12.8 Å². The lowest BCUT2D eigenvalue weighted by Crippen LogP contribution is -2.40. The van der Waals surface area contributed by atoms with Crippen LogP contribution >= 0.6 is 11.3 Å². The lowest BCUT2D eigenvalue weighted by atomic mass is 9.89. The first-order chi connectivity index (χ1) is 11.5. The van der Waals surface area contributed by atoms with Crippen molar-refractivity contribution >= 4 is 27.5 Å². The van der Waals surface area contributed by atoms with Crippen LogP contribution < -0.4 is 17.0 Å². The molecule has 1 aromatic carbocycles.